The van der Waals surface area contributed by atoms with Crippen LogP contribution in [0.1, 0.15) is 21.7 Å². The van der Waals surface area contributed by atoms with E-state index in [0.717, 1.165) is 16.6 Å². The smallest absolute Gasteiger partial charge is 0.254 e. The molecule has 1 amide bonds. The Morgan fingerprint density at radius 3 is 2.54 bits per heavy atom. The molecule has 176 valence electrons. The fraction of sp³-hybridized carbons (Fsp3) is 0.148. The number of carbonyl (C=O) groups is 1. The summed E-state index contributed by atoms with van der Waals surface area (Å²) in [4.78, 5) is 21.9. The SMILES string of the molecule is CN(C)c1nc2cc(F)ccc2cc1CN(Cc1ccco1)C(=O)c1ccc(-n2cccn2)cc1. The van der Waals surface area contributed by atoms with E-state index in [9.17, 15) is 9.18 Å². The van der Waals surface area contributed by atoms with Gasteiger partial charge in [0.25, 0.3) is 5.91 Å². The van der Waals surface area contributed by atoms with Crippen LogP contribution >= 0.6 is 0 Å². The van der Waals surface area contributed by atoms with Gasteiger partial charge in [-0.25, -0.2) is 14.1 Å². The second-order valence-corrected chi connectivity index (χ2v) is 8.44. The van der Waals surface area contributed by atoms with Gasteiger partial charge in [-0.1, -0.05) is 0 Å². The first-order chi connectivity index (χ1) is 17.0. The topological polar surface area (TPSA) is 67.4 Å². The molecule has 0 unspecified atom stereocenters. The van der Waals surface area contributed by atoms with Gasteiger partial charge >= 0.3 is 0 Å². The minimum atomic E-state index is -0.337. The zero-order valence-corrected chi connectivity index (χ0v) is 19.4. The fourth-order valence-corrected chi connectivity index (χ4v) is 4.03. The Kier molecular flexibility index (Phi) is 6.01. The van der Waals surface area contributed by atoms with Gasteiger partial charge in [-0.2, -0.15) is 5.10 Å². The van der Waals surface area contributed by atoms with Crippen LogP contribution in [0.2, 0.25) is 0 Å². The number of furan rings is 1. The molecule has 0 atom stereocenters. The summed E-state index contributed by atoms with van der Waals surface area (Å²) in [6.45, 7) is 0.593. The number of hydrogen-bond donors (Lipinski definition) is 0. The molecule has 5 aromatic rings. The van der Waals surface area contributed by atoms with E-state index in [4.69, 9.17) is 4.42 Å². The van der Waals surface area contributed by atoms with Crippen LogP contribution < -0.4 is 4.90 Å². The second-order valence-electron chi connectivity index (χ2n) is 8.44. The van der Waals surface area contributed by atoms with Crippen molar-refractivity contribution in [2.75, 3.05) is 19.0 Å². The zero-order chi connectivity index (χ0) is 24.4. The van der Waals surface area contributed by atoms with Crippen molar-refractivity contribution < 1.29 is 13.6 Å². The van der Waals surface area contributed by atoms with E-state index in [1.807, 2.05) is 55.5 Å². The molecule has 0 aliphatic rings. The maximum absolute atomic E-state index is 13.8. The van der Waals surface area contributed by atoms with Gasteiger partial charge in [0.05, 0.1) is 30.6 Å². The standard InChI is InChI=1S/C27H24FN5O2/c1-31(2)26-21(15-20-6-9-22(28)16-25(20)30-26)17-32(18-24-5-3-14-35-24)27(34)19-7-10-23(11-8-19)33-13-4-12-29-33/h3-16H,17-18H2,1-2H3. The van der Waals surface area contributed by atoms with Gasteiger partial charge in [-0.05, 0) is 60.7 Å². The lowest BCUT2D eigenvalue weighted by atomic mass is 10.1. The Labute approximate surface area is 202 Å². The highest BCUT2D eigenvalue weighted by molar-refractivity contribution is 5.94. The summed E-state index contributed by atoms with van der Waals surface area (Å²) in [6, 6.07) is 19.3. The lowest BCUT2D eigenvalue weighted by molar-refractivity contribution is 0.0718. The summed E-state index contributed by atoms with van der Waals surface area (Å²) in [5.74, 6) is 0.871. The third kappa shape index (κ3) is 4.77. The van der Waals surface area contributed by atoms with Crippen LogP contribution in [0, 0.1) is 5.82 Å². The van der Waals surface area contributed by atoms with E-state index in [1.165, 1.54) is 12.1 Å². The highest BCUT2D eigenvalue weighted by Crippen LogP contribution is 2.26. The van der Waals surface area contributed by atoms with Crippen LogP contribution in [-0.4, -0.2) is 39.7 Å². The van der Waals surface area contributed by atoms with Crippen molar-refractivity contribution in [2.45, 2.75) is 13.1 Å². The number of aromatic nitrogens is 3. The zero-order valence-electron chi connectivity index (χ0n) is 19.4. The molecule has 0 radical (unpaired) electrons. The molecular weight excluding hydrogens is 445 g/mol. The molecule has 0 saturated carbocycles. The number of fused-ring (bicyclic) bond motifs is 1. The molecule has 0 spiro atoms. The van der Waals surface area contributed by atoms with E-state index in [0.29, 0.717) is 35.7 Å². The molecule has 5 rings (SSSR count). The van der Waals surface area contributed by atoms with E-state index in [1.54, 1.807) is 46.3 Å². The van der Waals surface area contributed by atoms with Crippen molar-refractivity contribution in [3.8, 4) is 5.69 Å². The highest BCUT2D eigenvalue weighted by Gasteiger charge is 2.21. The van der Waals surface area contributed by atoms with Gasteiger partial charge in [-0.15, -0.1) is 0 Å². The van der Waals surface area contributed by atoms with Crippen molar-refractivity contribution in [2.24, 2.45) is 0 Å². The number of anilines is 1. The molecular formula is C27H24FN5O2. The van der Waals surface area contributed by atoms with Crippen LogP contribution in [0.5, 0.6) is 0 Å². The van der Waals surface area contributed by atoms with Gasteiger partial charge in [0.2, 0.25) is 0 Å². The molecule has 0 aliphatic heterocycles. The van der Waals surface area contributed by atoms with Crippen LogP contribution in [0.4, 0.5) is 10.2 Å². The van der Waals surface area contributed by atoms with Crippen LogP contribution in [0.3, 0.4) is 0 Å². The maximum Gasteiger partial charge on any atom is 0.254 e. The Balaban J connectivity index is 1.50. The van der Waals surface area contributed by atoms with Crippen molar-refractivity contribution >= 4 is 22.6 Å². The van der Waals surface area contributed by atoms with Gasteiger partial charge in [0.1, 0.15) is 17.4 Å². The molecule has 0 saturated heterocycles. The molecule has 35 heavy (non-hydrogen) atoms. The number of hydrogen-bond acceptors (Lipinski definition) is 5. The molecule has 0 bridgehead atoms. The maximum atomic E-state index is 13.8. The molecule has 2 aromatic carbocycles. The Morgan fingerprint density at radius 2 is 1.86 bits per heavy atom. The van der Waals surface area contributed by atoms with Crippen LogP contribution in [-0.2, 0) is 13.1 Å². The molecule has 3 aromatic heterocycles. The normalized spacial score (nSPS) is 11.1. The summed E-state index contributed by atoms with van der Waals surface area (Å²) in [5.41, 5.74) is 2.83. The average molecular weight is 470 g/mol. The van der Waals surface area contributed by atoms with Gasteiger partial charge < -0.3 is 14.2 Å². The second kappa shape index (κ2) is 9.42. The van der Waals surface area contributed by atoms with Crippen molar-refractivity contribution in [3.63, 3.8) is 0 Å². The number of carbonyl (C=O) groups excluding carboxylic acids is 1. The van der Waals surface area contributed by atoms with Crippen molar-refractivity contribution in [1.82, 2.24) is 19.7 Å². The van der Waals surface area contributed by atoms with Crippen molar-refractivity contribution in [3.05, 3.63) is 108 Å². The number of pyridine rings is 1. The largest absolute Gasteiger partial charge is 0.467 e. The van der Waals surface area contributed by atoms with E-state index < -0.39 is 0 Å². The van der Waals surface area contributed by atoms with Crippen molar-refractivity contribution in [1.29, 1.82) is 0 Å². The molecule has 0 fully saturated rings. The first-order valence-corrected chi connectivity index (χ1v) is 11.2. The summed E-state index contributed by atoms with van der Waals surface area (Å²) in [5, 5.41) is 5.04. The number of benzene rings is 2. The fourth-order valence-electron chi connectivity index (χ4n) is 4.03. The molecule has 3 heterocycles. The predicted molar refractivity (Wildman–Crippen MR) is 132 cm³/mol. The van der Waals surface area contributed by atoms with Crippen LogP contribution in [0.25, 0.3) is 16.6 Å². The minimum Gasteiger partial charge on any atom is -0.467 e. The highest BCUT2D eigenvalue weighted by atomic mass is 19.1. The first-order valence-electron chi connectivity index (χ1n) is 11.2. The number of nitrogens with zero attached hydrogens (tertiary/aromatic N) is 5. The summed E-state index contributed by atoms with van der Waals surface area (Å²) < 4.78 is 21.1. The Bertz CT molecular complexity index is 1450. The molecule has 8 heteroatoms. The first kappa shape index (κ1) is 22.3. The molecule has 0 aliphatic carbocycles. The number of amides is 1. The summed E-state index contributed by atoms with van der Waals surface area (Å²) in [7, 11) is 3.76. The average Bonchev–Trinajstić information content (AvgIpc) is 3.58. The van der Waals surface area contributed by atoms with E-state index >= 15 is 0 Å². The van der Waals surface area contributed by atoms with E-state index in [-0.39, 0.29) is 11.7 Å². The minimum absolute atomic E-state index is 0.141. The Morgan fingerprint density at radius 1 is 1.03 bits per heavy atom. The molecule has 0 N–H and O–H groups in total. The Hall–Kier alpha value is -4.46. The van der Waals surface area contributed by atoms with Crippen LogP contribution in [0.15, 0.2) is 89.8 Å². The lowest BCUT2D eigenvalue weighted by Gasteiger charge is -2.25. The monoisotopic (exact) mass is 469 g/mol. The summed E-state index contributed by atoms with van der Waals surface area (Å²) >= 11 is 0. The predicted octanol–water partition coefficient (Wildman–Crippen LogP) is 5.06. The number of rotatable bonds is 7. The quantitative estimate of drug-likeness (QED) is 0.333. The van der Waals surface area contributed by atoms with Gasteiger partial charge in [0, 0.05) is 49.1 Å². The van der Waals surface area contributed by atoms with E-state index in [2.05, 4.69) is 10.1 Å². The lowest BCUT2D eigenvalue weighted by Crippen LogP contribution is -2.31. The van der Waals surface area contributed by atoms with Gasteiger partial charge in [-0.3, -0.25) is 4.79 Å². The molecule has 7 nitrogen and oxygen atoms in total. The summed E-state index contributed by atoms with van der Waals surface area (Å²) in [6.07, 6.45) is 5.15. The third-order valence-corrected chi connectivity index (χ3v) is 5.72. The third-order valence-electron chi connectivity index (χ3n) is 5.72. The van der Waals surface area contributed by atoms with Gasteiger partial charge in [0.15, 0.2) is 0 Å². The number of halogens is 1.